The van der Waals surface area contributed by atoms with Crippen molar-refractivity contribution < 1.29 is 21.9 Å². The van der Waals surface area contributed by atoms with Crippen LogP contribution in [0.15, 0.2) is 87.2 Å². The van der Waals surface area contributed by atoms with Crippen molar-refractivity contribution in [2.75, 3.05) is 16.6 Å². The number of nitriles is 1. The monoisotopic (exact) mass is 466 g/mol. The van der Waals surface area contributed by atoms with Gasteiger partial charge in [0.2, 0.25) is 5.09 Å². The topological polar surface area (TPSA) is 115 Å². The Bertz CT molecular complexity index is 1450. The number of benzene rings is 3. The Labute approximate surface area is 186 Å². The Kier molecular flexibility index (Phi) is 4.76. The van der Waals surface area contributed by atoms with E-state index in [0.29, 0.717) is 22.1 Å². The number of anilines is 1. The van der Waals surface area contributed by atoms with Crippen LogP contribution in [0, 0.1) is 11.3 Å². The van der Waals surface area contributed by atoms with Gasteiger partial charge < -0.3 is 4.42 Å². The zero-order chi connectivity index (χ0) is 22.5. The maximum absolute atomic E-state index is 13.5. The molecule has 0 fully saturated rings. The molecule has 0 aliphatic carbocycles. The van der Waals surface area contributed by atoms with Crippen LogP contribution in [0.25, 0.3) is 22.1 Å². The molecule has 0 spiro atoms. The minimum absolute atomic E-state index is 0.0917. The number of fused-ring (bicyclic) bond motifs is 2. The summed E-state index contributed by atoms with van der Waals surface area (Å²) in [5.74, 6) is -0.102. The van der Waals surface area contributed by atoms with E-state index < -0.39 is 20.6 Å². The van der Waals surface area contributed by atoms with Gasteiger partial charge in [-0.1, -0.05) is 36.4 Å². The van der Waals surface area contributed by atoms with Crippen LogP contribution >= 0.6 is 10.6 Å². The molecule has 162 valence electrons. The van der Waals surface area contributed by atoms with Gasteiger partial charge in [-0.15, -0.1) is 0 Å². The van der Waals surface area contributed by atoms with E-state index in [9.17, 15) is 17.5 Å². The Hall–Kier alpha value is -3.29. The molecule has 2 N–H and O–H groups in total. The van der Waals surface area contributed by atoms with Gasteiger partial charge in [0, 0.05) is 11.5 Å². The summed E-state index contributed by atoms with van der Waals surface area (Å²) < 4.78 is 55.0. The third kappa shape index (κ3) is 3.34. The SMILES string of the molecule is N#Cc1ccc(-c2ccc3c(c2)N(S(=O)(=O)c2cc4ccccc4o2)CCS3(O)O)cc1. The standard InChI is InChI=1S/C23H18N2O5S2/c24-15-16-5-7-17(8-6-16)18-9-10-22-20(13-18)25(11-12-31(22,26)27)32(28,29)23-14-19-3-1-2-4-21(19)30-23/h1-10,13-14,26-27H,11-12H2. The van der Waals surface area contributed by atoms with Gasteiger partial charge in [0.25, 0.3) is 10.0 Å². The normalized spacial score (nSPS) is 16.3. The molecule has 3 aromatic carbocycles. The molecule has 0 radical (unpaired) electrons. The van der Waals surface area contributed by atoms with Crippen molar-refractivity contribution in [2.45, 2.75) is 9.99 Å². The van der Waals surface area contributed by atoms with Gasteiger partial charge in [-0.2, -0.15) is 24.3 Å². The third-order valence-electron chi connectivity index (χ3n) is 5.45. The van der Waals surface area contributed by atoms with Crippen molar-refractivity contribution in [3.8, 4) is 17.2 Å². The zero-order valence-corrected chi connectivity index (χ0v) is 18.3. The van der Waals surface area contributed by atoms with Crippen molar-refractivity contribution in [3.63, 3.8) is 0 Å². The van der Waals surface area contributed by atoms with Crippen LogP contribution < -0.4 is 4.31 Å². The van der Waals surface area contributed by atoms with E-state index in [4.69, 9.17) is 9.68 Å². The first-order valence-electron chi connectivity index (χ1n) is 9.71. The highest BCUT2D eigenvalue weighted by atomic mass is 32.3. The van der Waals surface area contributed by atoms with Gasteiger partial charge in [0.1, 0.15) is 5.58 Å². The first kappa shape index (κ1) is 20.6. The van der Waals surface area contributed by atoms with Gasteiger partial charge in [0.05, 0.1) is 34.5 Å². The van der Waals surface area contributed by atoms with E-state index in [-0.39, 0.29) is 28.0 Å². The molecule has 0 amide bonds. The summed E-state index contributed by atoms with van der Waals surface area (Å²) in [6.45, 7) is -0.0917. The van der Waals surface area contributed by atoms with Crippen molar-refractivity contribution in [1.29, 1.82) is 5.26 Å². The zero-order valence-electron chi connectivity index (χ0n) is 16.7. The molecule has 2 heterocycles. The summed E-state index contributed by atoms with van der Waals surface area (Å²) in [4.78, 5) is 0.181. The van der Waals surface area contributed by atoms with Crippen molar-refractivity contribution in [1.82, 2.24) is 0 Å². The maximum atomic E-state index is 13.5. The quantitative estimate of drug-likeness (QED) is 0.424. The van der Waals surface area contributed by atoms with Gasteiger partial charge in [0.15, 0.2) is 0 Å². The van der Waals surface area contributed by atoms with E-state index in [1.54, 1.807) is 66.7 Å². The lowest BCUT2D eigenvalue weighted by Gasteiger charge is -2.42. The number of rotatable bonds is 3. The summed E-state index contributed by atoms with van der Waals surface area (Å²) in [6.07, 6.45) is 0. The van der Waals surface area contributed by atoms with Crippen LogP contribution in [-0.2, 0) is 10.0 Å². The van der Waals surface area contributed by atoms with Crippen LogP contribution in [0.1, 0.15) is 5.56 Å². The average Bonchev–Trinajstić information content (AvgIpc) is 3.24. The van der Waals surface area contributed by atoms with Crippen molar-refractivity contribution >= 4 is 37.3 Å². The lowest BCUT2D eigenvalue weighted by molar-refractivity contribution is 0.474. The molecule has 1 aromatic heterocycles. The molecule has 0 bridgehead atoms. The summed E-state index contributed by atoms with van der Waals surface area (Å²) >= 11 is 0. The van der Waals surface area contributed by atoms with Gasteiger partial charge >= 0.3 is 0 Å². The first-order chi connectivity index (χ1) is 15.3. The smallest absolute Gasteiger partial charge is 0.297 e. The van der Waals surface area contributed by atoms with E-state index in [2.05, 4.69) is 6.07 Å². The lowest BCUT2D eigenvalue weighted by Crippen LogP contribution is -2.38. The van der Waals surface area contributed by atoms with Gasteiger partial charge in [-0.3, -0.25) is 13.4 Å². The number of hydrogen-bond donors (Lipinski definition) is 2. The molecule has 0 saturated carbocycles. The highest BCUT2D eigenvalue weighted by Gasteiger charge is 2.37. The number of hydrogen-bond acceptors (Lipinski definition) is 6. The number of para-hydroxylation sites is 1. The molecule has 32 heavy (non-hydrogen) atoms. The van der Waals surface area contributed by atoms with Crippen molar-refractivity contribution in [2.24, 2.45) is 0 Å². The molecule has 7 nitrogen and oxygen atoms in total. The second-order valence-electron chi connectivity index (χ2n) is 7.42. The molecule has 1 aliphatic heterocycles. The highest BCUT2D eigenvalue weighted by Crippen LogP contribution is 2.56. The molecule has 0 saturated heterocycles. The molecular weight excluding hydrogens is 448 g/mol. The third-order valence-corrected chi connectivity index (χ3v) is 8.92. The fourth-order valence-electron chi connectivity index (χ4n) is 3.79. The molecule has 0 atom stereocenters. The highest BCUT2D eigenvalue weighted by molar-refractivity contribution is 8.24. The minimum Gasteiger partial charge on any atom is -0.443 e. The van der Waals surface area contributed by atoms with Crippen molar-refractivity contribution in [3.05, 3.63) is 78.4 Å². The van der Waals surface area contributed by atoms with Crippen LogP contribution in [0.5, 0.6) is 0 Å². The Morgan fingerprint density at radius 2 is 1.69 bits per heavy atom. The van der Waals surface area contributed by atoms with Gasteiger partial charge in [-0.05, 0) is 41.5 Å². The summed E-state index contributed by atoms with van der Waals surface area (Å²) in [5.41, 5.74) is 2.64. The summed E-state index contributed by atoms with van der Waals surface area (Å²) in [5, 5.41) is 9.48. The molecule has 4 aromatic rings. The van der Waals surface area contributed by atoms with E-state index in [0.717, 1.165) is 5.56 Å². The predicted octanol–water partition coefficient (Wildman–Crippen LogP) is 5.29. The van der Waals surface area contributed by atoms with E-state index in [1.807, 2.05) is 0 Å². The molecule has 0 unspecified atom stereocenters. The van der Waals surface area contributed by atoms with E-state index in [1.165, 1.54) is 10.4 Å². The van der Waals surface area contributed by atoms with Crippen LogP contribution in [-0.4, -0.2) is 29.8 Å². The maximum Gasteiger partial charge on any atom is 0.297 e. The Morgan fingerprint density at radius 1 is 0.969 bits per heavy atom. The fraction of sp³-hybridized carbons (Fsp3) is 0.0870. The largest absolute Gasteiger partial charge is 0.443 e. The summed E-state index contributed by atoms with van der Waals surface area (Å²) in [7, 11) is -7.21. The average molecular weight is 467 g/mol. The number of furan rings is 1. The van der Waals surface area contributed by atoms with Gasteiger partial charge in [-0.25, -0.2) is 0 Å². The van der Waals surface area contributed by atoms with Crippen LogP contribution in [0.4, 0.5) is 5.69 Å². The molecule has 9 heteroatoms. The number of nitrogens with zero attached hydrogens (tertiary/aromatic N) is 2. The Morgan fingerprint density at radius 3 is 2.41 bits per heavy atom. The number of sulfonamides is 1. The van der Waals surface area contributed by atoms with Crippen LogP contribution in [0.3, 0.4) is 0 Å². The first-order valence-corrected chi connectivity index (χ1v) is 12.9. The second-order valence-corrected chi connectivity index (χ2v) is 11.4. The molecule has 5 rings (SSSR count). The minimum atomic E-state index is -4.08. The molecule has 1 aliphatic rings. The molecular formula is C23H18N2O5S2. The van der Waals surface area contributed by atoms with E-state index >= 15 is 0 Å². The second kappa shape index (κ2) is 7.39. The lowest BCUT2D eigenvalue weighted by atomic mass is 10.0. The summed E-state index contributed by atoms with van der Waals surface area (Å²) in [6, 6.07) is 22.3. The Balaban J connectivity index is 1.64. The fourth-order valence-corrected chi connectivity index (χ4v) is 6.84. The predicted molar refractivity (Wildman–Crippen MR) is 123 cm³/mol. The van der Waals surface area contributed by atoms with Crippen LogP contribution in [0.2, 0.25) is 0 Å².